The van der Waals surface area contributed by atoms with Gasteiger partial charge in [-0.1, -0.05) is 13.8 Å². The molecule has 4 N–H and O–H groups in total. The Labute approximate surface area is 197 Å². The molecule has 1 atom stereocenters. The van der Waals surface area contributed by atoms with Crippen LogP contribution in [0.25, 0.3) is 0 Å². The molecule has 1 fully saturated rings. The zero-order chi connectivity index (χ0) is 23.1. The summed E-state index contributed by atoms with van der Waals surface area (Å²) in [6.07, 6.45) is 2.94. The number of nitriles is 1. The third-order valence-corrected chi connectivity index (χ3v) is 7.98. The Morgan fingerprint density at radius 1 is 1.50 bits per heavy atom. The minimum Gasteiger partial charge on any atom is -0.383 e. The number of urea groups is 1. The minimum atomic E-state index is -3.63. The van der Waals surface area contributed by atoms with Gasteiger partial charge >= 0.3 is 6.03 Å². The molecule has 8 nitrogen and oxygen atoms in total. The molecule has 174 valence electrons. The van der Waals surface area contributed by atoms with Gasteiger partial charge in [0.2, 0.25) is 0 Å². The Hall–Kier alpha value is -2.04. The number of amides is 2. The Morgan fingerprint density at radius 3 is 2.59 bits per heavy atom. The molecule has 2 aromatic rings. The van der Waals surface area contributed by atoms with E-state index < -0.39 is 27.4 Å². The van der Waals surface area contributed by atoms with Crippen molar-refractivity contribution in [2.24, 2.45) is 9.50 Å². The number of rotatable bonds is 5. The fourth-order valence-electron chi connectivity index (χ4n) is 3.16. The summed E-state index contributed by atoms with van der Waals surface area (Å²) < 4.78 is 31.4. The Kier molecular flexibility index (Phi) is 7.74. The van der Waals surface area contributed by atoms with E-state index in [0.717, 1.165) is 24.2 Å². The Morgan fingerprint density at radius 2 is 2.12 bits per heavy atom. The number of thiazole rings is 1. The lowest BCUT2D eigenvalue weighted by Crippen LogP contribution is -2.19. The molecule has 0 aliphatic heterocycles. The molecule has 0 bridgehead atoms. The molecule has 3 rings (SSSR count). The molecule has 1 aliphatic rings. The number of nitrogens with two attached hydrogens (primary N) is 1. The zero-order valence-corrected chi connectivity index (χ0v) is 20.7. The van der Waals surface area contributed by atoms with E-state index in [0.29, 0.717) is 5.56 Å². The monoisotopic (exact) mass is 499 g/mol. The second-order valence-electron chi connectivity index (χ2n) is 8.29. The van der Waals surface area contributed by atoms with Crippen molar-refractivity contribution in [3.8, 4) is 6.07 Å². The highest BCUT2D eigenvalue weighted by atomic mass is 32.2. The molecule has 0 radical (unpaired) electrons. The van der Waals surface area contributed by atoms with Crippen LogP contribution in [0.1, 0.15) is 74.1 Å². The lowest BCUT2D eigenvalue weighted by molar-refractivity contribution is 0.0783. The fourth-order valence-corrected chi connectivity index (χ4v) is 5.22. The van der Waals surface area contributed by atoms with Crippen molar-refractivity contribution >= 4 is 46.5 Å². The highest BCUT2D eigenvalue weighted by molar-refractivity contribution is 7.93. The Bertz CT molecular complexity index is 1200. The first-order valence-electron chi connectivity index (χ1n) is 9.66. The second-order valence-corrected chi connectivity index (χ2v) is 11.3. The summed E-state index contributed by atoms with van der Waals surface area (Å²) in [5.74, 6) is -0.902. The molecule has 0 saturated heterocycles. The van der Waals surface area contributed by atoms with Crippen molar-refractivity contribution in [2.45, 2.75) is 62.2 Å². The largest absolute Gasteiger partial charge is 0.383 e. The number of hydrogen-bond donors (Lipinski definition) is 3. The van der Waals surface area contributed by atoms with Gasteiger partial charge in [-0.15, -0.1) is 15.7 Å². The summed E-state index contributed by atoms with van der Waals surface area (Å²) in [7, 11) is -3.63. The van der Waals surface area contributed by atoms with E-state index in [2.05, 4.69) is 14.7 Å². The van der Waals surface area contributed by atoms with Gasteiger partial charge < -0.3 is 10.4 Å². The lowest BCUT2D eigenvalue weighted by Gasteiger charge is -2.19. The molecule has 1 saturated carbocycles. The van der Waals surface area contributed by atoms with Crippen LogP contribution in [0.4, 0.5) is 14.9 Å². The average molecular weight is 500 g/mol. The van der Waals surface area contributed by atoms with Gasteiger partial charge in [0.25, 0.3) is 0 Å². The number of benzene rings is 1. The first kappa shape index (κ1) is 26.2. The third kappa shape index (κ3) is 5.47. The van der Waals surface area contributed by atoms with Crippen LogP contribution in [0.5, 0.6) is 0 Å². The molecular formula is C20H26FN5O3S3. The molecule has 12 heteroatoms. The SMILES string of the molecule is CC(C)c1c(F)c(C#N)cc(C2CC2)c1NC(=O)N=S(N)(=O)c1cnc(C(C)(C)O)s1.S. The number of carbonyl (C=O) groups is 1. The maximum atomic E-state index is 14.9. The summed E-state index contributed by atoms with van der Waals surface area (Å²) >= 11 is 0.897. The quantitative estimate of drug-likeness (QED) is 0.558. The number of aromatic nitrogens is 1. The number of nitrogens with one attached hydrogen (secondary N) is 1. The van der Waals surface area contributed by atoms with Gasteiger partial charge in [-0.2, -0.15) is 18.8 Å². The highest BCUT2D eigenvalue weighted by Crippen LogP contribution is 2.47. The smallest absolute Gasteiger partial charge is 0.354 e. The van der Waals surface area contributed by atoms with Gasteiger partial charge in [0.15, 0.2) is 9.92 Å². The molecule has 0 spiro atoms. The molecule has 1 aliphatic carbocycles. The standard InChI is InChI=1S/C20H24FN5O3S2.H2S/c1-10(2)15-16(21)12(8-22)7-13(11-5-6-11)17(15)25-19(27)26-31(23,29)14-9-24-18(30-14)20(3,4)28;/h7,9-11,28H,5-6H2,1-4H3,(H3,23,25,26,27,29);1H2. The van der Waals surface area contributed by atoms with E-state index in [1.807, 2.05) is 6.07 Å². The first-order chi connectivity index (χ1) is 14.3. The van der Waals surface area contributed by atoms with Crippen molar-refractivity contribution in [3.05, 3.63) is 39.8 Å². The number of hydrogen-bond acceptors (Lipinski definition) is 6. The molecular weight excluding hydrogens is 473 g/mol. The number of anilines is 1. The van der Waals surface area contributed by atoms with Crippen LogP contribution >= 0.6 is 24.8 Å². The summed E-state index contributed by atoms with van der Waals surface area (Å²) in [5, 5.41) is 28.0. The van der Waals surface area contributed by atoms with Gasteiger partial charge in [-0.25, -0.2) is 23.5 Å². The van der Waals surface area contributed by atoms with Crippen LogP contribution in [0, 0.1) is 17.1 Å². The molecule has 1 aromatic heterocycles. The van der Waals surface area contributed by atoms with Gasteiger partial charge in [0, 0.05) is 5.56 Å². The lowest BCUT2D eigenvalue weighted by atomic mass is 9.92. The van der Waals surface area contributed by atoms with Crippen LogP contribution in [0.2, 0.25) is 0 Å². The van der Waals surface area contributed by atoms with Crippen molar-refractivity contribution in [1.29, 1.82) is 5.26 Å². The van der Waals surface area contributed by atoms with Crippen LogP contribution in [0.15, 0.2) is 20.8 Å². The molecule has 1 aromatic carbocycles. The van der Waals surface area contributed by atoms with Crippen LogP contribution < -0.4 is 10.5 Å². The summed E-state index contributed by atoms with van der Waals surface area (Å²) in [6.45, 7) is 6.55. The van der Waals surface area contributed by atoms with Crippen molar-refractivity contribution in [1.82, 2.24) is 4.98 Å². The summed E-state index contributed by atoms with van der Waals surface area (Å²) in [6, 6.07) is 2.33. The van der Waals surface area contributed by atoms with Crippen LogP contribution in [-0.4, -0.2) is 20.3 Å². The van der Waals surface area contributed by atoms with Crippen molar-refractivity contribution < 1.29 is 18.5 Å². The van der Waals surface area contributed by atoms with E-state index in [4.69, 9.17) is 5.14 Å². The fraction of sp³-hybridized carbons (Fsp3) is 0.450. The summed E-state index contributed by atoms with van der Waals surface area (Å²) in [5.41, 5.74) is -0.219. The van der Waals surface area contributed by atoms with Gasteiger partial charge in [0.1, 0.15) is 26.7 Å². The maximum absolute atomic E-state index is 14.9. The minimum absolute atomic E-state index is 0. The van der Waals surface area contributed by atoms with Gasteiger partial charge in [-0.05, 0) is 50.2 Å². The Balaban J connectivity index is 0.00000363. The average Bonchev–Trinajstić information content (AvgIpc) is 3.33. The van der Waals surface area contributed by atoms with E-state index >= 15 is 0 Å². The number of carbonyl (C=O) groups excluding carboxylic acids is 1. The number of aliphatic hydroxyl groups is 1. The zero-order valence-electron chi connectivity index (χ0n) is 18.1. The van der Waals surface area contributed by atoms with E-state index in [1.54, 1.807) is 13.8 Å². The van der Waals surface area contributed by atoms with Crippen molar-refractivity contribution in [3.63, 3.8) is 0 Å². The van der Waals surface area contributed by atoms with E-state index in [1.165, 1.54) is 26.1 Å². The topological polar surface area (TPSA) is 141 Å². The van der Waals surface area contributed by atoms with Gasteiger partial charge in [-0.3, -0.25) is 0 Å². The van der Waals surface area contributed by atoms with Crippen molar-refractivity contribution in [2.75, 3.05) is 5.32 Å². The second kappa shape index (κ2) is 9.44. The normalized spacial score (nSPS) is 15.5. The van der Waals surface area contributed by atoms with Crippen LogP contribution in [0.3, 0.4) is 0 Å². The molecule has 2 amide bonds. The number of nitrogens with zero attached hydrogens (tertiary/aromatic N) is 3. The molecule has 1 unspecified atom stereocenters. The third-order valence-electron chi connectivity index (χ3n) is 4.79. The summed E-state index contributed by atoms with van der Waals surface area (Å²) in [4.78, 5) is 16.6. The molecule has 1 heterocycles. The van der Waals surface area contributed by atoms with Crippen LogP contribution in [-0.2, 0) is 15.5 Å². The molecule has 32 heavy (non-hydrogen) atoms. The first-order valence-corrected chi connectivity index (χ1v) is 12.1. The van der Waals surface area contributed by atoms with Gasteiger partial charge in [0.05, 0.1) is 17.4 Å². The predicted molar refractivity (Wildman–Crippen MR) is 127 cm³/mol. The number of halogens is 1. The van der Waals surface area contributed by atoms with E-state index in [9.17, 15) is 23.8 Å². The maximum Gasteiger partial charge on any atom is 0.354 e. The van der Waals surface area contributed by atoms with E-state index in [-0.39, 0.29) is 51.4 Å². The highest BCUT2D eigenvalue weighted by Gasteiger charge is 2.32. The predicted octanol–water partition coefficient (Wildman–Crippen LogP) is 4.43.